The first kappa shape index (κ1) is 21.9. The third-order valence-electron chi connectivity index (χ3n) is 5.90. The third kappa shape index (κ3) is 4.33. The largest absolute Gasteiger partial charge is 0.389 e. The van der Waals surface area contributed by atoms with Crippen LogP contribution in [0.5, 0.6) is 0 Å². The average Bonchev–Trinajstić information content (AvgIpc) is 3.29. The van der Waals surface area contributed by atoms with Gasteiger partial charge in [-0.3, -0.25) is 24.2 Å². The summed E-state index contributed by atoms with van der Waals surface area (Å²) >= 11 is 0. The lowest BCUT2D eigenvalue weighted by Gasteiger charge is -2.28. The molecule has 0 aromatic carbocycles. The summed E-state index contributed by atoms with van der Waals surface area (Å²) in [6.07, 6.45) is 8.12. The Balaban J connectivity index is 1.46. The minimum Gasteiger partial charge on any atom is -0.389 e. The summed E-state index contributed by atoms with van der Waals surface area (Å²) < 4.78 is 8.43. The fourth-order valence-corrected chi connectivity index (χ4v) is 4.08. The van der Waals surface area contributed by atoms with Gasteiger partial charge in [-0.05, 0) is 30.2 Å². The molecule has 1 fully saturated rings. The monoisotopic (exact) mass is 460 g/mol. The lowest BCUT2D eigenvalue weighted by molar-refractivity contribution is -0.0260. The van der Waals surface area contributed by atoms with E-state index < -0.39 is 18.1 Å². The normalized spacial score (nSPS) is 18.2. The number of aliphatic hydroxyl groups excluding tert-OH is 1. The van der Waals surface area contributed by atoms with Gasteiger partial charge >= 0.3 is 0 Å². The molecule has 0 unspecified atom stereocenters. The first-order valence-electron chi connectivity index (χ1n) is 11.0. The molecule has 1 aliphatic heterocycles. The number of carbonyl (C=O) groups excluding carboxylic acids is 1. The SMILES string of the molecule is Cn1cc(-c2ccc(Cn3cc(C(=O)N[C@H]4CCOC[C@@H]4O)c4ncccc4c3=O)cn2)cn1. The van der Waals surface area contributed by atoms with E-state index in [1.165, 1.54) is 10.8 Å². The van der Waals surface area contributed by atoms with Gasteiger partial charge in [0.15, 0.2) is 0 Å². The molecule has 1 amide bonds. The van der Waals surface area contributed by atoms with Crippen LogP contribution in [0.15, 0.2) is 60.0 Å². The molecule has 10 heteroatoms. The Morgan fingerprint density at radius 2 is 2.12 bits per heavy atom. The number of hydrogen-bond donors (Lipinski definition) is 2. The zero-order chi connectivity index (χ0) is 23.7. The van der Waals surface area contributed by atoms with Crippen LogP contribution >= 0.6 is 0 Å². The van der Waals surface area contributed by atoms with Gasteiger partial charge in [0, 0.05) is 44.0 Å². The van der Waals surface area contributed by atoms with Crippen molar-refractivity contribution in [2.45, 2.75) is 25.1 Å². The summed E-state index contributed by atoms with van der Waals surface area (Å²) in [6, 6.07) is 6.67. The molecule has 10 nitrogen and oxygen atoms in total. The number of aryl methyl sites for hydroxylation is 1. The summed E-state index contributed by atoms with van der Waals surface area (Å²) in [5.74, 6) is -0.395. The van der Waals surface area contributed by atoms with Crippen molar-refractivity contribution in [1.82, 2.24) is 29.6 Å². The molecule has 0 spiro atoms. The molecule has 5 rings (SSSR count). The Morgan fingerprint density at radius 1 is 1.24 bits per heavy atom. The number of ether oxygens (including phenoxy) is 1. The van der Waals surface area contributed by atoms with Crippen molar-refractivity contribution in [3.8, 4) is 11.3 Å². The Morgan fingerprint density at radius 3 is 2.85 bits per heavy atom. The molecule has 2 N–H and O–H groups in total. The minimum absolute atomic E-state index is 0.172. The standard InChI is InChI=1S/C24H24N6O4/c1-29-12-16(10-27-29)19-5-4-15(9-26-19)11-30-13-18(22-17(24(30)33)3-2-7-25-22)23(32)28-20-6-8-34-14-21(20)31/h2-5,7,9-10,12-13,20-21,31H,6,8,11,14H2,1H3,(H,28,32)/t20-,21-/m0/s1. The molecule has 0 bridgehead atoms. The van der Waals surface area contributed by atoms with Crippen molar-refractivity contribution >= 4 is 16.8 Å². The number of carbonyl (C=O) groups is 1. The van der Waals surface area contributed by atoms with E-state index >= 15 is 0 Å². The smallest absolute Gasteiger partial charge is 0.260 e. The topological polar surface area (TPSA) is 124 Å². The predicted octanol–water partition coefficient (Wildman–Crippen LogP) is 1.12. The summed E-state index contributed by atoms with van der Waals surface area (Å²) in [5, 5.41) is 17.5. The van der Waals surface area contributed by atoms with Crippen molar-refractivity contribution < 1.29 is 14.6 Å². The van der Waals surface area contributed by atoms with E-state index in [1.807, 2.05) is 25.4 Å². The van der Waals surface area contributed by atoms with E-state index in [0.29, 0.717) is 23.9 Å². The molecule has 174 valence electrons. The fourth-order valence-electron chi connectivity index (χ4n) is 4.08. The highest BCUT2D eigenvalue weighted by molar-refractivity contribution is 6.05. The molecule has 1 saturated heterocycles. The summed E-state index contributed by atoms with van der Waals surface area (Å²) in [6.45, 7) is 0.873. The van der Waals surface area contributed by atoms with Gasteiger partial charge in [-0.1, -0.05) is 6.07 Å². The van der Waals surface area contributed by atoms with Crippen LogP contribution < -0.4 is 10.9 Å². The van der Waals surface area contributed by atoms with Crippen LogP contribution in [0.2, 0.25) is 0 Å². The second-order valence-corrected chi connectivity index (χ2v) is 8.34. The molecule has 4 aromatic rings. The van der Waals surface area contributed by atoms with Crippen LogP contribution in [-0.2, 0) is 18.3 Å². The van der Waals surface area contributed by atoms with E-state index in [4.69, 9.17) is 4.74 Å². The van der Waals surface area contributed by atoms with E-state index in [1.54, 1.807) is 35.4 Å². The molecular formula is C24H24N6O4. The molecule has 4 aromatic heterocycles. The van der Waals surface area contributed by atoms with E-state index in [-0.39, 0.29) is 24.3 Å². The Bertz CT molecular complexity index is 1390. The molecule has 0 saturated carbocycles. The van der Waals surface area contributed by atoms with Gasteiger partial charge in [-0.2, -0.15) is 5.10 Å². The van der Waals surface area contributed by atoms with E-state index in [9.17, 15) is 14.7 Å². The molecule has 5 heterocycles. The Labute approximate surface area is 194 Å². The second kappa shape index (κ2) is 9.16. The molecule has 0 radical (unpaired) electrons. The lowest BCUT2D eigenvalue weighted by atomic mass is 10.1. The van der Waals surface area contributed by atoms with E-state index in [0.717, 1.165) is 16.8 Å². The molecule has 2 atom stereocenters. The maximum Gasteiger partial charge on any atom is 0.260 e. The van der Waals surface area contributed by atoms with Gasteiger partial charge in [0.25, 0.3) is 11.5 Å². The second-order valence-electron chi connectivity index (χ2n) is 8.34. The van der Waals surface area contributed by atoms with Crippen LogP contribution in [0.3, 0.4) is 0 Å². The van der Waals surface area contributed by atoms with Gasteiger partial charge in [0.1, 0.15) is 0 Å². The van der Waals surface area contributed by atoms with Crippen LogP contribution in [0.25, 0.3) is 22.2 Å². The van der Waals surface area contributed by atoms with Crippen molar-refractivity contribution in [3.63, 3.8) is 0 Å². The van der Waals surface area contributed by atoms with Crippen LogP contribution in [0.1, 0.15) is 22.3 Å². The number of hydrogen-bond acceptors (Lipinski definition) is 7. The van der Waals surface area contributed by atoms with Crippen LogP contribution in [-0.4, -0.2) is 60.7 Å². The summed E-state index contributed by atoms with van der Waals surface area (Å²) in [7, 11) is 1.84. The number of pyridine rings is 3. The zero-order valence-corrected chi connectivity index (χ0v) is 18.6. The number of aromatic nitrogens is 5. The maximum absolute atomic E-state index is 13.2. The van der Waals surface area contributed by atoms with Crippen LogP contribution in [0, 0.1) is 0 Å². The number of rotatable bonds is 5. The number of nitrogens with one attached hydrogen (secondary N) is 1. The highest BCUT2D eigenvalue weighted by Gasteiger charge is 2.27. The molecule has 1 aliphatic rings. The fraction of sp³-hybridized carbons (Fsp3) is 0.292. The maximum atomic E-state index is 13.2. The lowest BCUT2D eigenvalue weighted by Crippen LogP contribution is -2.48. The van der Waals surface area contributed by atoms with Gasteiger partial charge < -0.3 is 19.7 Å². The quantitative estimate of drug-likeness (QED) is 0.457. The summed E-state index contributed by atoms with van der Waals surface area (Å²) in [5.41, 5.74) is 2.84. The van der Waals surface area contributed by atoms with Gasteiger partial charge in [-0.25, -0.2) is 0 Å². The Kier molecular flexibility index (Phi) is 5.91. The van der Waals surface area contributed by atoms with Crippen molar-refractivity contribution in [3.05, 3.63) is 76.7 Å². The molecule has 34 heavy (non-hydrogen) atoms. The predicted molar refractivity (Wildman–Crippen MR) is 124 cm³/mol. The number of fused-ring (bicyclic) bond motifs is 1. The zero-order valence-electron chi connectivity index (χ0n) is 18.6. The van der Waals surface area contributed by atoms with Crippen molar-refractivity contribution in [1.29, 1.82) is 0 Å². The molecule has 0 aliphatic carbocycles. The number of aliphatic hydroxyl groups is 1. The Hall–Kier alpha value is -3.89. The first-order valence-corrected chi connectivity index (χ1v) is 11.0. The van der Waals surface area contributed by atoms with E-state index in [2.05, 4.69) is 20.4 Å². The van der Waals surface area contributed by atoms with Crippen LogP contribution in [0.4, 0.5) is 0 Å². The van der Waals surface area contributed by atoms with Crippen molar-refractivity contribution in [2.75, 3.05) is 13.2 Å². The summed E-state index contributed by atoms with van der Waals surface area (Å²) in [4.78, 5) is 35.1. The third-order valence-corrected chi connectivity index (χ3v) is 5.90. The average molecular weight is 460 g/mol. The van der Waals surface area contributed by atoms with Crippen molar-refractivity contribution in [2.24, 2.45) is 7.05 Å². The molecular weight excluding hydrogens is 436 g/mol. The number of amides is 1. The minimum atomic E-state index is -0.785. The highest BCUT2D eigenvalue weighted by Crippen LogP contribution is 2.18. The van der Waals surface area contributed by atoms with Gasteiger partial charge in [-0.15, -0.1) is 0 Å². The highest BCUT2D eigenvalue weighted by atomic mass is 16.5. The first-order chi connectivity index (χ1) is 16.5. The number of nitrogens with zero attached hydrogens (tertiary/aromatic N) is 5. The van der Waals surface area contributed by atoms with Gasteiger partial charge in [0.2, 0.25) is 0 Å². The van der Waals surface area contributed by atoms with Gasteiger partial charge in [0.05, 0.1) is 53.7 Å².